The van der Waals surface area contributed by atoms with Crippen molar-refractivity contribution in [3.8, 4) is 0 Å². The molecule has 4 heteroatoms. The zero-order valence-corrected chi connectivity index (χ0v) is 7.05. The van der Waals surface area contributed by atoms with Crippen molar-refractivity contribution >= 4 is 11.5 Å². The van der Waals surface area contributed by atoms with E-state index in [9.17, 15) is 5.11 Å². The van der Waals surface area contributed by atoms with Crippen LogP contribution in [0.5, 0.6) is 0 Å². The van der Waals surface area contributed by atoms with E-state index < -0.39 is 5.72 Å². The zero-order valence-electron chi connectivity index (χ0n) is 7.05. The van der Waals surface area contributed by atoms with Gasteiger partial charge in [0.15, 0.2) is 5.72 Å². The van der Waals surface area contributed by atoms with Gasteiger partial charge in [-0.05, 0) is 20.8 Å². The average Bonchev–Trinajstić information content (AvgIpc) is 2.04. The quantitative estimate of drug-likeness (QED) is 0.401. The molecule has 1 atom stereocenters. The highest BCUT2D eigenvalue weighted by Gasteiger charge is 2.35. The number of hydrazone groups is 1. The van der Waals surface area contributed by atoms with E-state index in [1.54, 1.807) is 13.8 Å². The first-order valence-corrected chi connectivity index (χ1v) is 3.55. The minimum atomic E-state index is -0.990. The molecule has 1 rings (SSSR count). The fourth-order valence-corrected chi connectivity index (χ4v) is 1.31. The van der Waals surface area contributed by atoms with E-state index in [4.69, 9.17) is 5.41 Å². The molecule has 1 unspecified atom stereocenters. The van der Waals surface area contributed by atoms with E-state index in [1.807, 2.05) is 6.92 Å². The summed E-state index contributed by atoms with van der Waals surface area (Å²) in [6.07, 6.45) is 0.517. The number of amidine groups is 1. The molecule has 62 valence electrons. The van der Waals surface area contributed by atoms with Gasteiger partial charge in [-0.15, -0.1) is 0 Å². The first-order chi connectivity index (χ1) is 4.93. The Morgan fingerprint density at radius 2 is 2.36 bits per heavy atom. The van der Waals surface area contributed by atoms with E-state index in [1.165, 1.54) is 5.01 Å². The van der Waals surface area contributed by atoms with Crippen molar-refractivity contribution in [1.82, 2.24) is 5.01 Å². The maximum Gasteiger partial charge on any atom is 0.162 e. The summed E-state index contributed by atoms with van der Waals surface area (Å²) < 4.78 is 0. The summed E-state index contributed by atoms with van der Waals surface area (Å²) in [6, 6.07) is 0. The fraction of sp³-hybridized carbons (Fsp3) is 0.714. The van der Waals surface area contributed by atoms with Crippen molar-refractivity contribution in [3.63, 3.8) is 0 Å². The molecule has 1 heterocycles. The smallest absolute Gasteiger partial charge is 0.162 e. The third kappa shape index (κ3) is 1.40. The molecule has 0 saturated carbocycles. The number of rotatable bonds is 0. The van der Waals surface area contributed by atoms with Crippen LogP contribution in [0.1, 0.15) is 27.2 Å². The summed E-state index contributed by atoms with van der Waals surface area (Å²) in [5.74, 6) is 0.270. The van der Waals surface area contributed by atoms with Crippen LogP contribution in [0.25, 0.3) is 0 Å². The van der Waals surface area contributed by atoms with Gasteiger partial charge in [0.25, 0.3) is 0 Å². The standard InChI is InChI=1S/C7H13N3O/c1-5-4-7(3,11)10(9-5)6(2)8/h8,11H,4H2,1-3H3. The Labute approximate surface area is 66.0 Å². The third-order valence-electron chi connectivity index (χ3n) is 1.64. The lowest BCUT2D eigenvalue weighted by atomic mass is 10.1. The van der Waals surface area contributed by atoms with Crippen molar-refractivity contribution < 1.29 is 5.11 Å². The molecule has 11 heavy (non-hydrogen) atoms. The number of nitrogens with zero attached hydrogens (tertiary/aromatic N) is 2. The van der Waals surface area contributed by atoms with Gasteiger partial charge in [0.2, 0.25) is 0 Å². The normalized spacial score (nSPS) is 30.5. The summed E-state index contributed by atoms with van der Waals surface area (Å²) in [5.41, 5.74) is -0.128. The monoisotopic (exact) mass is 155 g/mol. The van der Waals surface area contributed by atoms with Gasteiger partial charge in [-0.3, -0.25) is 5.41 Å². The van der Waals surface area contributed by atoms with Crippen LogP contribution in [0, 0.1) is 5.41 Å². The van der Waals surface area contributed by atoms with Crippen molar-refractivity contribution in [2.75, 3.05) is 0 Å². The number of hydrogen-bond donors (Lipinski definition) is 2. The Balaban J connectivity index is 2.86. The van der Waals surface area contributed by atoms with Gasteiger partial charge >= 0.3 is 0 Å². The lowest BCUT2D eigenvalue weighted by Crippen LogP contribution is -2.41. The first-order valence-electron chi connectivity index (χ1n) is 3.55. The fourth-order valence-electron chi connectivity index (χ4n) is 1.31. The predicted molar refractivity (Wildman–Crippen MR) is 43.6 cm³/mol. The summed E-state index contributed by atoms with van der Waals surface area (Å²) in [4.78, 5) is 0. The molecule has 1 aliphatic rings. The van der Waals surface area contributed by atoms with Crippen LogP contribution >= 0.6 is 0 Å². The molecule has 0 saturated heterocycles. The van der Waals surface area contributed by atoms with Gasteiger partial charge in [0, 0.05) is 12.1 Å². The first kappa shape index (κ1) is 8.20. The highest BCUT2D eigenvalue weighted by molar-refractivity contribution is 5.88. The number of nitrogens with one attached hydrogen (secondary N) is 1. The molecule has 0 aromatic heterocycles. The van der Waals surface area contributed by atoms with Crippen molar-refractivity contribution in [3.05, 3.63) is 0 Å². The Morgan fingerprint density at radius 1 is 1.82 bits per heavy atom. The van der Waals surface area contributed by atoms with Crippen LogP contribution in [0.3, 0.4) is 0 Å². The largest absolute Gasteiger partial charge is 0.369 e. The molecular formula is C7H13N3O. The molecule has 4 nitrogen and oxygen atoms in total. The molecule has 0 aromatic carbocycles. The van der Waals surface area contributed by atoms with Gasteiger partial charge in [-0.25, -0.2) is 5.01 Å². The molecule has 0 radical (unpaired) electrons. The lowest BCUT2D eigenvalue weighted by molar-refractivity contribution is -0.0336. The Hall–Kier alpha value is -0.900. The zero-order chi connectivity index (χ0) is 8.65. The van der Waals surface area contributed by atoms with Gasteiger partial charge in [0.1, 0.15) is 5.84 Å². The molecule has 0 aliphatic carbocycles. The Kier molecular flexibility index (Phi) is 1.72. The minimum Gasteiger partial charge on any atom is -0.369 e. The topological polar surface area (TPSA) is 59.7 Å². The summed E-state index contributed by atoms with van der Waals surface area (Å²) >= 11 is 0. The molecular weight excluding hydrogens is 142 g/mol. The maximum absolute atomic E-state index is 9.67. The van der Waals surface area contributed by atoms with E-state index in [0.29, 0.717) is 6.42 Å². The van der Waals surface area contributed by atoms with Crippen LogP contribution in [-0.2, 0) is 0 Å². The van der Waals surface area contributed by atoms with Gasteiger partial charge in [-0.1, -0.05) is 0 Å². The summed E-state index contributed by atoms with van der Waals surface area (Å²) in [7, 11) is 0. The second kappa shape index (κ2) is 2.30. The van der Waals surface area contributed by atoms with Crippen molar-refractivity contribution in [1.29, 1.82) is 5.41 Å². The second-order valence-electron chi connectivity index (χ2n) is 3.13. The molecule has 0 bridgehead atoms. The lowest BCUT2D eigenvalue weighted by Gasteiger charge is -2.27. The maximum atomic E-state index is 9.67. The van der Waals surface area contributed by atoms with E-state index in [2.05, 4.69) is 5.10 Å². The minimum absolute atomic E-state index is 0.270. The van der Waals surface area contributed by atoms with Crippen LogP contribution in [0.4, 0.5) is 0 Å². The van der Waals surface area contributed by atoms with Crippen molar-refractivity contribution in [2.45, 2.75) is 32.9 Å². The highest BCUT2D eigenvalue weighted by Crippen LogP contribution is 2.23. The second-order valence-corrected chi connectivity index (χ2v) is 3.13. The summed E-state index contributed by atoms with van der Waals surface area (Å²) in [6.45, 7) is 5.11. The molecule has 0 aromatic rings. The average molecular weight is 155 g/mol. The van der Waals surface area contributed by atoms with E-state index in [-0.39, 0.29) is 5.84 Å². The van der Waals surface area contributed by atoms with Crippen LogP contribution in [-0.4, -0.2) is 27.4 Å². The number of hydrogen-bond acceptors (Lipinski definition) is 3. The predicted octanol–water partition coefficient (Wildman–Crippen LogP) is 0.774. The molecule has 0 fully saturated rings. The van der Waals surface area contributed by atoms with E-state index >= 15 is 0 Å². The SMILES string of the molecule is CC(=N)N1N=C(C)CC1(C)O. The molecule has 1 aliphatic heterocycles. The van der Waals surface area contributed by atoms with Crippen LogP contribution < -0.4 is 0 Å². The number of aliphatic hydroxyl groups is 1. The summed E-state index contributed by atoms with van der Waals surface area (Å²) in [5, 5.41) is 22.3. The Morgan fingerprint density at radius 3 is 2.55 bits per heavy atom. The molecule has 0 amide bonds. The highest BCUT2D eigenvalue weighted by atomic mass is 16.3. The third-order valence-corrected chi connectivity index (χ3v) is 1.64. The van der Waals surface area contributed by atoms with Gasteiger partial charge in [-0.2, -0.15) is 5.10 Å². The van der Waals surface area contributed by atoms with Gasteiger partial charge < -0.3 is 5.11 Å². The molecule has 0 spiro atoms. The van der Waals surface area contributed by atoms with E-state index in [0.717, 1.165) is 5.71 Å². The van der Waals surface area contributed by atoms with Crippen LogP contribution in [0.15, 0.2) is 5.10 Å². The van der Waals surface area contributed by atoms with Crippen molar-refractivity contribution in [2.24, 2.45) is 5.10 Å². The Bertz CT molecular complexity index is 220. The van der Waals surface area contributed by atoms with Crippen LogP contribution in [0.2, 0.25) is 0 Å². The van der Waals surface area contributed by atoms with Gasteiger partial charge in [0.05, 0.1) is 0 Å². The molecule has 2 N–H and O–H groups in total.